The van der Waals surface area contributed by atoms with Gasteiger partial charge in [0.15, 0.2) is 0 Å². The van der Waals surface area contributed by atoms with Gasteiger partial charge in [-0.3, -0.25) is 4.79 Å². The first-order valence-corrected chi connectivity index (χ1v) is 8.22. The number of nitrogens with zero attached hydrogens (tertiary/aromatic N) is 1. The van der Waals surface area contributed by atoms with E-state index in [0.717, 1.165) is 24.8 Å². The summed E-state index contributed by atoms with van der Waals surface area (Å²) in [4.78, 5) is 16.6. The standard InChI is InChI=1S/C17H24N2O4/c1-11-6-9-23-15(11)17(20)19-13-4-3-8-22-16(13)12-5-7-18-14(10-12)21-2/h5,7,10-11,13,15-16H,3-4,6,8-9H2,1-2H3,(H,19,20)/t11-,13+,15-,16-/m1/s1. The van der Waals surface area contributed by atoms with Crippen LogP contribution in [0, 0.1) is 5.92 Å². The third kappa shape index (κ3) is 3.64. The molecule has 3 heterocycles. The zero-order chi connectivity index (χ0) is 16.2. The highest BCUT2D eigenvalue weighted by Crippen LogP contribution is 2.30. The molecule has 0 bridgehead atoms. The highest BCUT2D eigenvalue weighted by atomic mass is 16.5. The van der Waals surface area contributed by atoms with Crippen LogP contribution in [0.3, 0.4) is 0 Å². The molecular weight excluding hydrogens is 296 g/mol. The van der Waals surface area contributed by atoms with E-state index in [4.69, 9.17) is 14.2 Å². The molecule has 6 heteroatoms. The van der Waals surface area contributed by atoms with Crippen molar-refractivity contribution in [2.24, 2.45) is 5.92 Å². The van der Waals surface area contributed by atoms with Crippen molar-refractivity contribution in [3.05, 3.63) is 23.9 Å². The smallest absolute Gasteiger partial charge is 0.249 e. The average molecular weight is 320 g/mol. The maximum Gasteiger partial charge on any atom is 0.249 e. The summed E-state index contributed by atoms with van der Waals surface area (Å²) in [6, 6.07) is 3.72. The van der Waals surface area contributed by atoms with E-state index in [1.54, 1.807) is 13.3 Å². The molecule has 0 radical (unpaired) electrons. The minimum absolute atomic E-state index is 0.0310. The fourth-order valence-corrected chi connectivity index (χ4v) is 3.27. The molecule has 0 spiro atoms. The SMILES string of the molecule is COc1cc([C@H]2OCCC[C@@H]2NC(=O)[C@@H]2OCC[C@H]2C)ccn1. The normalized spacial score (nSPS) is 30.9. The fourth-order valence-electron chi connectivity index (χ4n) is 3.27. The highest BCUT2D eigenvalue weighted by Gasteiger charge is 2.35. The fraction of sp³-hybridized carbons (Fsp3) is 0.647. The zero-order valence-electron chi connectivity index (χ0n) is 13.7. The summed E-state index contributed by atoms with van der Waals surface area (Å²) in [7, 11) is 1.59. The van der Waals surface area contributed by atoms with Crippen molar-refractivity contribution in [1.29, 1.82) is 0 Å². The average Bonchev–Trinajstić information content (AvgIpc) is 3.01. The van der Waals surface area contributed by atoms with Crippen molar-refractivity contribution in [1.82, 2.24) is 10.3 Å². The van der Waals surface area contributed by atoms with E-state index in [2.05, 4.69) is 17.2 Å². The van der Waals surface area contributed by atoms with Crippen LogP contribution in [-0.4, -0.2) is 43.4 Å². The van der Waals surface area contributed by atoms with Crippen molar-refractivity contribution in [2.45, 2.75) is 44.4 Å². The number of methoxy groups -OCH3 is 1. The van der Waals surface area contributed by atoms with E-state index in [1.165, 1.54) is 0 Å². The number of carbonyl (C=O) groups is 1. The Morgan fingerprint density at radius 1 is 1.35 bits per heavy atom. The van der Waals surface area contributed by atoms with Crippen LogP contribution >= 0.6 is 0 Å². The Balaban J connectivity index is 1.72. The summed E-state index contributed by atoms with van der Waals surface area (Å²) in [5.41, 5.74) is 0.974. The molecule has 0 unspecified atom stereocenters. The molecule has 3 rings (SSSR count). The Kier molecular flexibility index (Phi) is 5.13. The van der Waals surface area contributed by atoms with Crippen LogP contribution in [0.25, 0.3) is 0 Å². The van der Waals surface area contributed by atoms with E-state index in [1.807, 2.05) is 12.1 Å². The first-order valence-electron chi connectivity index (χ1n) is 8.22. The second-order valence-corrected chi connectivity index (χ2v) is 6.24. The zero-order valence-corrected chi connectivity index (χ0v) is 13.7. The van der Waals surface area contributed by atoms with Crippen LogP contribution in [0.2, 0.25) is 0 Å². The molecule has 23 heavy (non-hydrogen) atoms. The van der Waals surface area contributed by atoms with Crippen molar-refractivity contribution in [3.63, 3.8) is 0 Å². The van der Waals surface area contributed by atoms with Crippen molar-refractivity contribution in [2.75, 3.05) is 20.3 Å². The lowest BCUT2D eigenvalue weighted by molar-refractivity contribution is -0.134. The number of pyridine rings is 1. The first kappa shape index (κ1) is 16.2. The second-order valence-electron chi connectivity index (χ2n) is 6.24. The first-order chi connectivity index (χ1) is 11.2. The van der Waals surface area contributed by atoms with Gasteiger partial charge in [-0.25, -0.2) is 4.98 Å². The van der Waals surface area contributed by atoms with Gasteiger partial charge in [-0.1, -0.05) is 6.92 Å². The van der Waals surface area contributed by atoms with Gasteiger partial charge >= 0.3 is 0 Å². The second kappa shape index (κ2) is 7.27. The number of aromatic nitrogens is 1. The number of carbonyl (C=O) groups excluding carboxylic acids is 1. The number of rotatable bonds is 4. The molecule has 1 aromatic rings. The number of hydrogen-bond donors (Lipinski definition) is 1. The van der Waals surface area contributed by atoms with Gasteiger partial charge in [0.1, 0.15) is 12.2 Å². The Morgan fingerprint density at radius 2 is 2.22 bits per heavy atom. The van der Waals surface area contributed by atoms with E-state index in [-0.39, 0.29) is 30.1 Å². The van der Waals surface area contributed by atoms with Gasteiger partial charge in [-0.05, 0) is 36.8 Å². The molecule has 0 aromatic carbocycles. The number of nitrogens with one attached hydrogen (secondary N) is 1. The van der Waals surface area contributed by atoms with Crippen LogP contribution in [0.1, 0.15) is 37.9 Å². The molecular formula is C17H24N2O4. The molecule has 2 aliphatic rings. The predicted octanol–water partition coefficient (Wildman–Crippen LogP) is 1.85. The minimum Gasteiger partial charge on any atom is -0.481 e. The lowest BCUT2D eigenvalue weighted by Gasteiger charge is -2.33. The number of hydrogen-bond acceptors (Lipinski definition) is 5. The Hall–Kier alpha value is -1.66. The quantitative estimate of drug-likeness (QED) is 0.917. The molecule has 4 atom stereocenters. The molecule has 1 aromatic heterocycles. The molecule has 0 aliphatic carbocycles. The summed E-state index contributed by atoms with van der Waals surface area (Å²) < 4.78 is 16.7. The van der Waals surface area contributed by atoms with E-state index >= 15 is 0 Å². The third-order valence-corrected chi connectivity index (χ3v) is 4.59. The van der Waals surface area contributed by atoms with Crippen LogP contribution in [0.15, 0.2) is 18.3 Å². The number of amides is 1. The predicted molar refractivity (Wildman–Crippen MR) is 84.2 cm³/mol. The van der Waals surface area contributed by atoms with Crippen molar-refractivity contribution >= 4 is 5.91 Å². The Bertz CT molecular complexity index is 551. The largest absolute Gasteiger partial charge is 0.481 e. The Morgan fingerprint density at radius 3 is 2.96 bits per heavy atom. The maximum absolute atomic E-state index is 12.5. The monoisotopic (exact) mass is 320 g/mol. The van der Waals surface area contributed by atoms with Crippen molar-refractivity contribution < 1.29 is 19.0 Å². The molecule has 1 amide bonds. The van der Waals surface area contributed by atoms with Gasteiger partial charge in [-0.2, -0.15) is 0 Å². The third-order valence-electron chi connectivity index (χ3n) is 4.59. The van der Waals surface area contributed by atoms with Gasteiger partial charge in [0.25, 0.3) is 0 Å². The molecule has 2 aliphatic heterocycles. The van der Waals surface area contributed by atoms with Crippen LogP contribution in [0.5, 0.6) is 5.88 Å². The van der Waals surface area contributed by atoms with Crippen LogP contribution in [0.4, 0.5) is 0 Å². The summed E-state index contributed by atoms with van der Waals surface area (Å²) in [6.45, 7) is 3.41. The topological polar surface area (TPSA) is 69.7 Å². The van der Waals surface area contributed by atoms with E-state index < -0.39 is 0 Å². The van der Waals surface area contributed by atoms with Crippen LogP contribution in [-0.2, 0) is 14.3 Å². The van der Waals surface area contributed by atoms with Crippen molar-refractivity contribution in [3.8, 4) is 5.88 Å². The molecule has 0 saturated carbocycles. The van der Waals surface area contributed by atoms with E-state index in [9.17, 15) is 4.79 Å². The minimum atomic E-state index is -0.343. The van der Waals surface area contributed by atoms with Gasteiger partial charge in [-0.15, -0.1) is 0 Å². The Labute approximate surface area is 136 Å². The van der Waals surface area contributed by atoms with Gasteiger partial charge in [0, 0.05) is 25.5 Å². The van der Waals surface area contributed by atoms with Gasteiger partial charge < -0.3 is 19.5 Å². The summed E-state index contributed by atoms with van der Waals surface area (Å²) >= 11 is 0. The number of ether oxygens (including phenoxy) is 3. The molecule has 2 saturated heterocycles. The lowest BCUT2D eigenvalue weighted by atomic mass is 9.95. The molecule has 2 fully saturated rings. The molecule has 6 nitrogen and oxygen atoms in total. The van der Waals surface area contributed by atoms with Gasteiger partial charge in [0.2, 0.25) is 11.8 Å². The summed E-state index contributed by atoms with van der Waals surface area (Å²) in [5, 5.41) is 3.13. The summed E-state index contributed by atoms with van der Waals surface area (Å²) in [5.74, 6) is 0.782. The molecule has 1 N–H and O–H groups in total. The van der Waals surface area contributed by atoms with E-state index in [0.29, 0.717) is 19.1 Å². The maximum atomic E-state index is 12.5. The highest BCUT2D eigenvalue weighted by molar-refractivity contribution is 5.81. The van der Waals surface area contributed by atoms with Gasteiger partial charge in [0.05, 0.1) is 13.2 Å². The molecule has 126 valence electrons. The van der Waals surface area contributed by atoms with Crippen LogP contribution < -0.4 is 10.1 Å². The lowest BCUT2D eigenvalue weighted by Crippen LogP contribution is -2.47. The summed E-state index contributed by atoms with van der Waals surface area (Å²) in [6.07, 6.45) is 3.94.